The number of carbonyl (C=O) groups excluding carboxylic acids is 1. The Bertz CT molecular complexity index is 1390. The summed E-state index contributed by atoms with van der Waals surface area (Å²) in [4.78, 5) is 40.6. The zero-order chi connectivity index (χ0) is 22.9. The minimum absolute atomic E-state index is 0.214. The molecule has 2 N–H and O–H groups in total. The maximum absolute atomic E-state index is 12.8. The van der Waals surface area contributed by atoms with Gasteiger partial charge in [0.25, 0.3) is 5.56 Å². The Hall–Kier alpha value is -3.94. The van der Waals surface area contributed by atoms with Gasteiger partial charge < -0.3 is 10.3 Å². The molecule has 4 aromatic rings. The lowest BCUT2D eigenvalue weighted by Gasteiger charge is -2.14. The van der Waals surface area contributed by atoms with E-state index in [1.165, 1.54) is 0 Å². The Morgan fingerprint density at radius 3 is 2.44 bits per heavy atom. The summed E-state index contributed by atoms with van der Waals surface area (Å²) in [6.45, 7) is 6.20. The molecular weight excluding hydrogens is 406 g/mol. The van der Waals surface area contributed by atoms with E-state index >= 15 is 0 Å². The third-order valence-electron chi connectivity index (χ3n) is 5.18. The van der Waals surface area contributed by atoms with Gasteiger partial charge in [-0.3, -0.25) is 14.2 Å². The molecule has 0 radical (unpaired) electrons. The Morgan fingerprint density at radius 1 is 1.03 bits per heavy atom. The standard InChI is InChI=1S/C24H25N5O3/c1-24(2,3)19-13-20(29(27-19)14-16-9-5-4-6-10-16)26-21(30)15-28-22(31)17-11-7-8-12-18(17)25-23(28)32/h4-13H,14-15H2,1-3H3,(H,25,32)(H,26,30). The predicted molar refractivity (Wildman–Crippen MR) is 124 cm³/mol. The van der Waals surface area contributed by atoms with E-state index < -0.39 is 23.7 Å². The summed E-state index contributed by atoms with van der Waals surface area (Å²) in [6.07, 6.45) is 0. The highest BCUT2D eigenvalue weighted by molar-refractivity contribution is 5.90. The number of aromatic amines is 1. The molecule has 0 fully saturated rings. The number of aromatic nitrogens is 4. The summed E-state index contributed by atoms with van der Waals surface area (Å²) in [5.41, 5.74) is 0.950. The summed E-state index contributed by atoms with van der Waals surface area (Å²) in [7, 11) is 0. The van der Waals surface area contributed by atoms with Crippen molar-refractivity contribution in [3.8, 4) is 0 Å². The van der Waals surface area contributed by atoms with Gasteiger partial charge in [-0.05, 0) is 17.7 Å². The van der Waals surface area contributed by atoms with E-state index in [1.807, 2.05) is 57.2 Å². The first-order chi connectivity index (χ1) is 15.2. The first kappa shape index (κ1) is 21.3. The van der Waals surface area contributed by atoms with Gasteiger partial charge in [-0.25, -0.2) is 9.48 Å². The normalized spacial score (nSPS) is 11.6. The number of para-hydroxylation sites is 1. The highest BCUT2D eigenvalue weighted by Crippen LogP contribution is 2.24. The summed E-state index contributed by atoms with van der Waals surface area (Å²) >= 11 is 0. The van der Waals surface area contributed by atoms with Crippen molar-refractivity contribution >= 4 is 22.6 Å². The molecule has 0 saturated carbocycles. The lowest BCUT2D eigenvalue weighted by atomic mass is 9.92. The van der Waals surface area contributed by atoms with Crippen LogP contribution in [0.2, 0.25) is 0 Å². The highest BCUT2D eigenvalue weighted by Gasteiger charge is 2.21. The summed E-state index contributed by atoms with van der Waals surface area (Å²) < 4.78 is 2.63. The lowest BCUT2D eigenvalue weighted by molar-refractivity contribution is -0.116. The number of anilines is 1. The van der Waals surface area contributed by atoms with Crippen LogP contribution in [0.15, 0.2) is 70.3 Å². The fourth-order valence-corrected chi connectivity index (χ4v) is 3.43. The molecule has 0 aliphatic rings. The second-order valence-electron chi connectivity index (χ2n) is 8.72. The van der Waals surface area contributed by atoms with E-state index in [-0.39, 0.29) is 5.41 Å². The number of fused-ring (bicyclic) bond motifs is 1. The van der Waals surface area contributed by atoms with Gasteiger partial charge in [-0.15, -0.1) is 0 Å². The zero-order valence-electron chi connectivity index (χ0n) is 18.3. The number of carbonyl (C=O) groups is 1. The van der Waals surface area contributed by atoms with Gasteiger partial charge in [0, 0.05) is 11.5 Å². The van der Waals surface area contributed by atoms with Gasteiger partial charge in [0.05, 0.1) is 23.1 Å². The van der Waals surface area contributed by atoms with Crippen LogP contribution < -0.4 is 16.6 Å². The van der Waals surface area contributed by atoms with Crippen LogP contribution in [-0.4, -0.2) is 25.2 Å². The number of hydrogen-bond donors (Lipinski definition) is 2. The SMILES string of the molecule is CC(C)(C)c1cc(NC(=O)Cn2c(=O)[nH]c3ccccc3c2=O)n(Cc2ccccc2)n1. The maximum Gasteiger partial charge on any atom is 0.329 e. The van der Waals surface area contributed by atoms with Gasteiger partial charge in [0.1, 0.15) is 12.4 Å². The number of rotatable bonds is 5. The van der Waals surface area contributed by atoms with Crippen molar-refractivity contribution in [2.24, 2.45) is 0 Å². The Kier molecular flexibility index (Phi) is 5.52. The van der Waals surface area contributed by atoms with Crippen molar-refractivity contribution in [3.63, 3.8) is 0 Å². The predicted octanol–water partition coefficient (Wildman–Crippen LogP) is 2.87. The second kappa shape index (κ2) is 8.30. The molecule has 0 atom stereocenters. The van der Waals surface area contributed by atoms with Crippen molar-refractivity contribution in [2.45, 2.75) is 39.3 Å². The van der Waals surface area contributed by atoms with Crippen LogP contribution in [0, 0.1) is 0 Å². The smallest absolute Gasteiger partial charge is 0.309 e. The maximum atomic E-state index is 12.8. The first-order valence-electron chi connectivity index (χ1n) is 10.4. The molecule has 8 heteroatoms. The van der Waals surface area contributed by atoms with Crippen LogP contribution in [0.3, 0.4) is 0 Å². The quantitative estimate of drug-likeness (QED) is 0.507. The first-order valence-corrected chi connectivity index (χ1v) is 10.4. The number of H-pyrrole nitrogens is 1. The Labute approximate surface area is 184 Å². The Balaban J connectivity index is 1.63. The average molecular weight is 431 g/mol. The van der Waals surface area contributed by atoms with Crippen LogP contribution >= 0.6 is 0 Å². The fraction of sp³-hybridized carbons (Fsp3) is 0.250. The average Bonchev–Trinajstić information content (AvgIpc) is 3.14. The number of nitrogens with one attached hydrogen (secondary N) is 2. The van der Waals surface area contributed by atoms with Gasteiger partial charge in [0.2, 0.25) is 5.91 Å². The van der Waals surface area contributed by atoms with Crippen molar-refractivity contribution in [1.29, 1.82) is 0 Å². The molecule has 4 rings (SSSR count). The largest absolute Gasteiger partial charge is 0.329 e. The summed E-state index contributed by atoms with van der Waals surface area (Å²) in [5, 5.41) is 7.85. The minimum atomic E-state index is -0.628. The molecule has 0 unspecified atom stereocenters. The minimum Gasteiger partial charge on any atom is -0.309 e. The molecule has 0 bridgehead atoms. The van der Waals surface area contributed by atoms with E-state index in [0.717, 1.165) is 15.8 Å². The molecule has 0 spiro atoms. The second-order valence-corrected chi connectivity index (χ2v) is 8.72. The number of benzene rings is 2. The van der Waals surface area contributed by atoms with E-state index in [9.17, 15) is 14.4 Å². The van der Waals surface area contributed by atoms with Crippen molar-refractivity contribution in [2.75, 3.05) is 5.32 Å². The molecule has 164 valence electrons. The number of amides is 1. The van der Waals surface area contributed by atoms with Crippen LogP contribution in [0.5, 0.6) is 0 Å². The van der Waals surface area contributed by atoms with Gasteiger partial charge in [-0.2, -0.15) is 5.10 Å². The van der Waals surface area contributed by atoms with E-state index in [2.05, 4.69) is 15.4 Å². The summed E-state index contributed by atoms with van der Waals surface area (Å²) in [6, 6.07) is 18.3. The topological polar surface area (TPSA) is 102 Å². The molecule has 32 heavy (non-hydrogen) atoms. The van der Waals surface area contributed by atoms with E-state index in [4.69, 9.17) is 0 Å². The van der Waals surface area contributed by atoms with Crippen LogP contribution in [0.4, 0.5) is 5.82 Å². The summed E-state index contributed by atoms with van der Waals surface area (Å²) in [5.74, 6) is 0.0246. The third-order valence-corrected chi connectivity index (χ3v) is 5.18. The van der Waals surface area contributed by atoms with Crippen LogP contribution in [0.25, 0.3) is 10.9 Å². The van der Waals surface area contributed by atoms with Gasteiger partial charge in [-0.1, -0.05) is 63.2 Å². The van der Waals surface area contributed by atoms with Crippen molar-refractivity contribution in [1.82, 2.24) is 19.3 Å². The zero-order valence-corrected chi connectivity index (χ0v) is 18.3. The van der Waals surface area contributed by atoms with Crippen molar-refractivity contribution in [3.05, 3.63) is 92.8 Å². The molecule has 2 aromatic carbocycles. The number of nitrogens with zero attached hydrogens (tertiary/aromatic N) is 3. The third kappa shape index (κ3) is 4.39. The van der Waals surface area contributed by atoms with Crippen LogP contribution in [0.1, 0.15) is 32.0 Å². The molecule has 2 heterocycles. The highest BCUT2D eigenvalue weighted by atomic mass is 16.2. The molecule has 8 nitrogen and oxygen atoms in total. The van der Waals surface area contributed by atoms with Crippen molar-refractivity contribution < 1.29 is 4.79 Å². The molecule has 0 saturated heterocycles. The van der Waals surface area contributed by atoms with Gasteiger partial charge in [0.15, 0.2) is 0 Å². The molecule has 2 aromatic heterocycles. The molecular formula is C24H25N5O3. The van der Waals surface area contributed by atoms with Gasteiger partial charge >= 0.3 is 5.69 Å². The van der Waals surface area contributed by atoms with E-state index in [0.29, 0.717) is 23.3 Å². The number of hydrogen-bond acceptors (Lipinski definition) is 4. The lowest BCUT2D eigenvalue weighted by Crippen LogP contribution is -2.38. The monoisotopic (exact) mass is 431 g/mol. The molecule has 1 amide bonds. The molecule has 0 aliphatic heterocycles. The Morgan fingerprint density at radius 2 is 1.72 bits per heavy atom. The molecule has 0 aliphatic carbocycles. The fourth-order valence-electron chi connectivity index (χ4n) is 3.43. The van der Waals surface area contributed by atoms with E-state index in [1.54, 1.807) is 28.9 Å². The van der Waals surface area contributed by atoms with Crippen LogP contribution in [-0.2, 0) is 23.3 Å².